The minimum absolute atomic E-state index is 0.120. The topological polar surface area (TPSA) is 102 Å². The molecule has 0 aromatic carbocycles. The highest BCUT2D eigenvalue weighted by Gasteiger charge is 2.51. The molecule has 2 aliphatic rings. The maximum atomic E-state index is 11.4. The van der Waals surface area contributed by atoms with Crippen molar-refractivity contribution < 1.29 is 19.4 Å². The largest absolute Gasteiger partial charge is 0.481 e. The number of amides is 1. The lowest BCUT2D eigenvalue weighted by molar-refractivity contribution is -0.150. The third-order valence-electron chi connectivity index (χ3n) is 3.70. The molecule has 1 amide bonds. The molecule has 0 bridgehead atoms. The normalized spacial score (nSPS) is 36.5. The van der Waals surface area contributed by atoms with Crippen molar-refractivity contribution in [1.82, 2.24) is 5.32 Å². The third-order valence-corrected chi connectivity index (χ3v) is 3.70. The summed E-state index contributed by atoms with van der Waals surface area (Å²) in [5.41, 5.74) is 4.51. The van der Waals surface area contributed by atoms with Crippen molar-refractivity contribution in [3.05, 3.63) is 0 Å². The van der Waals surface area contributed by atoms with Crippen molar-refractivity contribution in [1.29, 1.82) is 0 Å². The number of carbonyl (C=O) groups excluding carboxylic acids is 1. The summed E-state index contributed by atoms with van der Waals surface area (Å²) in [4.78, 5) is 22.2. The van der Waals surface area contributed by atoms with E-state index >= 15 is 0 Å². The van der Waals surface area contributed by atoms with Crippen molar-refractivity contribution in [3.63, 3.8) is 0 Å². The Balaban J connectivity index is 1.86. The first kappa shape index (κ1) is 12.3. The SMILES string of the molecule is NC(=O)C1(NCC2CCCO2)CC(C(=O)O)C1. The lowest BCUT2D eigenvalue weighted by Crippen LogP contribution is -2.65. The van der Waals surface area contributed by atoms with Gasteiger partial charge in [-0.2, -0.15) is 0 Å². The molecule has 96 valence electrons. The highest BCUT2D eigenvalue weighted by molar-refractivity contribution is 5.88. The summed E-state index contributed by atoms with van der Waals surface area (Å²) in [6.45, 7) is 1.32. The molecule has 6 nitrogen and oxygen atoms in total. The fraction of sp³-hybridized carbons (Fsp3) is 0.818. The molecule has 2 fully saturated rings. The van der Waals surface area contributed by atoms with Gasteiger partial charge in [0.25, 0.3) is 0 Å². The van der Waals surface area contributed by atoms with Crippen molar-refractivity contribution >= 4 is 11.9 Å². The van der Waals surface area contributed by atoms with Crippen LogP contribution in [0.5, 0.6) is 0 Å². The molecule has 0 radical (unpaired) electrons. The van der Waals surface area contributed by atoms with E-state index in [1.165, 1.54) is 0 Å². The number of hydrogen-bond donors (Lipinski definition) is 3. The average Bonchev–Trinajstić information content (AvgIpc) is 2.67. The molecule has 17 heavy (non-hydrogen) atoms. The molecule has 1 unspecified atom stereocenters. The van der Waals surface area contributed by atoms with Crippen molar-refractivity contribution in [2.75, 3.05) is 13.2 Å². The molecule has 0 aromatic rings. The van der Waals surface area contributed by atoms with E-state index in [0.717, 1.165) is 19.4 Å². The first-order valence-electron chi connectivity index (χ1n) is 5.93. The first-order valence-corrected chi connectivity index (χ1v) is 5.93. The second-order valence-electron chi connectivity index (χ2n) is 4.91. The monoisotopic (exact) mass is 242 g/mol. The zero-order valence-electron chi connectivity index (χ0n) is 9.65. The van der Waals surface area contributed by atoms with Crippen LogP contribution in [0.4, 0.5) is 0 Å². The average molecular weight is 242 g/mol. The van der Waals surface area contributed by atoms with Crippen LogP contribution in [0.3, 0.4) is 0 Å². The molecule has 0 spiro atoms. The number of carboxylic acids is 1. The summed E-state index contributed by atoms with van der Waals surface area (Å²) < 4.78 is 5.44. The van der Waals surface area contributed by atoms with E-state index in [1.807, 2.05) is 0 Å². The molecular weight excluding hydrogens is 224 g/mol. The van der Waals surface area contributed by atoms with Gasteiger partial charge in [0.1, 0.15) is 0 Å². The second-order valence-corrected chi connectivity index (χ2v) is 4.91. The van der Waals surface area contributed by atoms with Gasteiger partial charge in [-0.25, -0.2) is 0 Å². The number of nitrogens with one attached hydrogen (secondary N) is 1. The Morgan fingerprint density at radius 1 is 1.47 bits per heavy atom. The van der Waals surface area contributed by atoms with Gasteiger partial charge in [-0.3, -0.25) is 9.59 Å². The van der Waals surface area contributed by atoms with E-state index < -0.39 is 23.3 Å². The molecule has 1 aliphatic heterocycles. The minimum Gasteiger partial charge on any atom is -0.481 e. The van der Waals surface area contributed by atoms with E-state index in [0.29, 0.717) is 6.54 Å². The van der Waals surface area contributed by atoms with E-state index in [1.54, 1.807) is 0 Å². The summed E-state index contributed by atoms with van der Waals surface area (Å²) in [7, 11) is 0. The van der Waals surface area contributed by atoms with Crippen LogP contribution in [-0.4, -0.2) is 41.8 Å². The summed E-state index contributed by atoms with van der Waals surface area (Å²) in [6, 6.07) is 0. The van der Waals surface area contributed by atoms with E-state index in [2.05, 4.69) is 5.32 Å². The van der Waals surface area contributed by atoms with Gasteiger partial charge < -0.3 is 20.9 Å². The summed E-state index contributed by atoms with van der Waals surface area (Å²) in [5.74, 6) is -1.78. The second kappa shape index (κ2) is 4.62. The molecule has 1 aliphatic carbocycles. The molecular formula is C11H18N2O4. The fourth-order valence-electron chi connectivity index (χ4n) is 2.50. The van der Waals surface area contributed by atoms with Gasteiger partial charge in [-0.15, -0.1) is 0 Å². The summed E-state index contributed by atoms with van der Waals surface area (Å²) in [5, 5.41) is 11.9. The predicted molar refractivity (Wildman–Crippen MR) is 59.3 cm³/mol. The lowest BCUT2D eigenvalue weighted by atomic mass is 9.67. The highest BCUT2D eigenvalue weighted by atomic mass is 16.5. The predicted octanol–water partition coefficient (Wildman–Crippen LogP) is -0.526. The van der Waals surface area contributed by atoms with Crippen LogP contribution in [0.1, 0.15) is 25.7 Å². The Morgan fingerprint density at radius 3 is 2.65 bits per heavy atom. The number of carbonyl (C=O) groups is 2. The maximum Gasteiger partial charge on any atom is 0.306 e. The molecule has 1 atom stereocenters. The quantitative estimate of drug-likeness (QED) is 0.601. The molecule has 2 rings (SSSR count). The van der Waals surface area contributed by atoms with E-state index in [-0.39, 0.29) is 18.9 Å². The lowest BCUT2D eigenvalue weighted by Gasteiger charge is -2.44. The van der Waals surface area contributed by atoms with Gasteiger partial charge in [-0.05, 0) is 25.7 Å². The summed E-state index contributed by atoms with van der Waals surface area (Å²) in [6.07, 6.45) is 2.70. The minimum atomic E-state index is -0.860. The molecule has 0 aromatic heterocycles. The van der Waals surface area contributed by atoms with Crippen molar-refractivity contribution in [3.8, 4) is 0 Å². The van der Waals surface area contributed by atoms with E-state index in [4.69, 9.17) is 15.6 Å². The highest BCUT2D eigenvalue weighted by Crippen LogP contribution is 2.38. The van der Waals surface area contributed by atoms with Crippen molar-refractivity contribution in [2.45, 2.75) is 37.3 Å². The first-order chi connectivity index (χ1) is 8.03. The van der Waals surface area contributed by atoms with Crippen LogP contribution in [0.15, 0.2) is 0 Å². The third kappa shape index (κ3) is 2.42. The number of nitrogens with two attached hydrogens (primary N) is 1. The Labute approximate surface area is 99.5 Å². The zero-order chi connectivity index (χ0) is 12.5. The molecule has 4 N–H and O–H groups in total. The zero-order valence-corrected chi connectivity index (χ0v) is 9.65. The van der Waals surface area contributed by atoms with Crippen LogP contribution in [0.2, 0.25) is 0 Å². The number of aliphatic carboxylic acids is 1. The number of ether oxygens (including phenoxy) is 1. The maximum absolute atomic E-state index is 11.4. The van der Waals surface area contributed by atoms with Gasteiger partial charge in [0.05, 0.1) is 17.6 Å². The number of primary amides is 1. The fourth-order valence-corrected chi connectivity index (χ4v) is 2.50. The summed E-state index contributed by atoms with van der Waals surface area (Å²) >= 11 is 0. The standard InChI is InChI=1S/C11H18N2O4/c12-10(16)11(4-7(5-11)9(14)15)13-6-8-2-1-3-17-8/h7-8,13H,1-6H2,(H2,12,16)(H,14,15). The van der Waals surface area contributed by atoms with Crippen LogP contribution in [0, 0.1) is 5.92 Å². The molecule has 1 saturated carbocycles. The van der Waals surface area contributed by atoms with Gasteiger partial charge in [-0.1, -0.05) is 0 Å². The Morgan fingerprint density at radius 2 is 2.18 bits per heavy atom. The molecule has 1 heterocycles. The number of hydrogen-bond acceptors (Lipinski definition) is 4. The van der Waals surface area contributed by atoms with Crippen LogP contribution in [-0.2, 0) is 14.3 Å². The van der Waals surface area contributed by atoms with Crippen LogP contribution in [0.25, 0.3) is 0 Å². The van der Waals surface area contributed by atoms with Gasteiger partial charge >= 0.3 is 5.97 Å². The Kier molecular flexibility index (Phi) is 3.35. The molecule has 1 saturated heterocycles. The smallest absolute Gasteiger partial charge is 0.306 e. The van der Waals surface area contributed by atoms with Gasteiger partial charge in [0.2, 0.25) is 5.91 Å². The number of carboxylic acid groups (broad SMARTS) is 1. The van der Waals surface area contributed by atoms with Crippen molar-refractivity contribution in [2.24, 2.45) is 11.7 Å². The van der Waals surface area contributed by atoms with Crippen LogP contribution >= 0.6 is 0 Å². The Bertz CT molecular complexity index is 319. The van der Waals surface area contributed by atoms with E-state index in [9.17, 15) is 9.59 Å². The number of rotatable bonds is 5. The molecule has 6 heteroatoms. The van der Waals surface area contributed by atoms with Crippen LogP contribution < -0.4 is 11.1 Å². The van der Waals surface area contributed by atoms with Gasteiger partial charge in [0.15, 0.2) is 0 Å². The van der Waals surface area contributed by atoms with Gasteiger partial charge in [0, 0.05) is 13.2 Å². The Hall–Kier alpha value is -1.14.